The standard InChI is InChI=1S/C21H18N2O3/c1-14-13-17(21(25)26-2)8-10-18(14)23-19(24)11-9-16-6-3-5-15-7-4-12-22-20(15)16/h3-13H,1-2H3,(H,23,24)/b11-9+. The zero-order valence-corrected chi connectivity index (χ0v) is 14.5. The fourth-order valence-electron chi connectivity index (χ4n) is 2.65. The Balaban J connectivity index is 1.76. The Morgan fingerprint density at radius 2 is 1.92 bits per heavy atom. The van der Waals surface area contributed by atoms with E-state index in [0.29, 0.717) is 11.3 Å². The molecule has 0 atom stereocenters. The van der Waals surface area contributed by atoms with Crippen LogP contribution in [0.5, 0.6) is 0 Å². The number of fused-ring (bicyclic) bond motifs is 1. The van der Waals surface area contributed by atoms with E-state index in [0.717, 1.165) is 22.0 Å². The molecule has 0 spiro atoms. The highest BCUT2D eigenvalue weighted by atomic mass is 16.5. The van der Waals surface area contributed by atoms with Crippen LogP contribution in [0.15, 0.2) is 60.8 Å². The van der Waals surface area contributed by atoms with Crippen molar-refractivity contribution in [3.05, 3.63) is 77.5 Å². The van der Waals surface area contributed by atoms with Gasteiger partial charge in [-0.1, -0.05) is 24.3 Å². The van der Waals surface area contributed by atoms with Crippen LogP contribution in [0.3, 0.4) is 0 Å². The summed E-state index contributed by atoms with van der Waals surface area (Å²) in [4.78, 5) is 28.1. The molecule has 0 unspecified atom stereocenters. The molecule has 0 aliphatic heterocycles. The number of benzene rings is 2. The van der Waals surface area contributed by atoms with Crippen LogP contribution in [0.1, 0.15) is 21.5 Å². The number of carbonyl (C=O) groups is 2. The summed E-state index contributed by atoms with van der Waals surface area (Å²) in [6, 6.07) is 14.7. The van der Waals surface area contributed by atoms with E-state index in [4.69, 9.17) is 4.74 Å². The zero-order chi connectivity index (χ0) is 18.5. The number of nitrogens with zero attached hydrogens (tertiary/aromatic N) is 1. The lowest BCUT2D eigenvalue weighted by atomic mass is 10.1. The van der Waals surface area contributed by atoms with Crippen molar-refractivity contribution in [1.82, 2.24) is 4.98 Å². The topological polar surface area (TPSA) is 68.3 Å². The molecule has 26 heavy (non-hydrogen) atoms. The lowest BCUT2D eigenvalue weighted by Crippen LogP contribution is -2.10. The van der Waals surface area contributed by atoms with Gasteiger partial charge in [0.05, 0.1) is 18.2 Å². The normalized spacial score (nSPS) is 10.8. The van der Waals surface area contributed by atoms with Gasteiger partial charge in [-0.2, -0.15) is 0 Å². The van der Waals surface area contributed by atoms with Crippen molar-refractivity contribution in [2.75, 3.05) is 12.4 Å². The van der Waals surface area contributed by atoms with Crippen molar-refractivity contribution in [2.24, 2.45) is 0 Å². The second-order valence-electron chi connectivity index (χ2n) is 5.77. The molecule has 1 heterocycles. The van der Waals surface area contributed by atoms with Crippen LogP contribution >= 0.6 is 0 Å². The molecule has 1 N–H and O–H groups in total. The van der Waals surface area contributed by atoms with Gasteiger partial charge in [0.2, 0.25) is 5.91 Å². The molecule has 2 aromatic carbocycles. The number of aryl methyl sites for hydroxylation is 1. The van der Waals surface area contributed by atoms with E-state index in [1.54, 1.807) is 30.5 Å². The molecule has 3 aromatic rings. The van der Waals surface area contributed by atoms with Gasteiger partial charge in [0.15, 0.2) is 0 Å². The quantitative estimate of drug-likeness (QED) is 0.573. The summed E-state index contributed by atoms with van der Waals surface area (Å²) >= 11 is 0. The highest BCUT2D eigenvalue weighted by molar-refractivity contribution is 6.03. The van der Waals surface area contributed by atoms with Crippen molar-refractivity contribution in [3.8, 4) is 0 Å². The van der Waals surface area contributed by atoms with E-state index in [1.807, 2.05) is 37.3 Å². The highest BCUT2D eigenvalue weighted by Gasteiger charge is 2.08. The van der Waals surface area contributed by atoms with Crippen LogP contribution in [0.2, 0.25) is 0 Å². The number of ether oxygens (including phenoxy) is 1. The first-order valence-corrected chi connectivity index (χ1v) is 8.10. The van der Waals surface area contributed by atoms with Gasteiger partial charge in [0, 0.05) is 28.9 Å². The smallest absolute Gasteiger partial charge is 0.337 e. The minimum atomic E-state index is -0.408. The molecule has 0 aliphatic carbocycles. The van der Waals surface area contributed by atoms with Gasteiger partial charge in [0.1, 0.15) is 0 Å². The molecule has 130 valence electrons. The molecule has 0 radical (unpaired) electrons. The minimum absolute atomic E-state index is 0.258. The number of aromatic nitrogens is 1. The fourth-order valence-corrected chi connectivity index (χ4v) is 2.65. The van der Waals surface area contributed by atoms with Crippen molar-refractivity contribution in [1.29, 1.82) is 0 Å². The third-order valence-electron chi connectivity index (χ3n) is 3.98. The number of anilines is 1. The summed E-state index contributed by atoms with van der Waals surface area (Å²) in [5.41, 5.74) is 3.58. The van der Waals surface area contributed by atoms with Gasteiger partial charge in [-0.15, -0.1) is 0 Å². The van der Waals surface area contributed by atoms with Crippen LogP contribution in [0.4, 0.5) is 5.69 Å². The molecule has 1 amide bonds. The van der Waals surface area contributed by atoms with Crippen molar-refractivity contribution >= 4 is 34.5 Å². The van der Waals surface area contributed by atoms with E-state index in [1.165, 1.54) is 13.2 Å². The number of hydrogen-bond donors (Lipinski definition) is 1. The molecule has 0 bridgehead atoms. The van der Waals surface area contributed by atoms with E-state index in [2.05, 4.69) is 10.3 Å². The Bertz CT molecular complexity index is 1000. The van der Waals surface area contributed by atoms with Crippen LogP contribution < -0.4 is 5.32 Å². The summed E-state index contributed by atoms with van der Waals surface area (Å²) < 4.78 is 4.69. The van der Waals surface area contributed by atoms with E-state index < -0.39 is 5.97 Å². The largest absolute Gasteiger partial charge is 0.465 e. The number of pyridine rings is 1. The van der Waals surface area contributed by atoms with Crippen molar-refractivity contribution in [3.63, 3.8) is 0 Å². The fraction of sp³-hybridized carbons (Fsp3) is 0.0952. The SMILES string of the molecule is COC(=O)c1ccc(NC(=O)/C=C/c2cccc3cccnc23)c(C)c1. The number of hydrogen-bond acceptors (Lipinski definition) is 4. The monoisotopic (exact) mass is 346 g/mol. The van der Waals surface area contributed by atoms with Gasteiger partial charge >= 0.3 is 5.97 Å². The number of carbonyl (C=O) groups excluding carboxylic acids is 2. The van der Waals surface area contributed by atoms with Crippen LogP contribution in [-0.2, 0) is 9.53 Å². The van der Waals surface area contributed by atoms with Crippen molar-refractivity contribution in [2.45, 2.75) is 6.92 Å². The van der Waals surface area contributed by atoms with Gasteiger partial charge in [-0.05, 0) is 42.8 Å². The lowest BCUT2D eigenvalue weighted by Gasteiger charge is -2.08. The minimum Gasteiger partial charge on any atom is -0.465 e. The molecule has 0 saturated heterocycles. The summed E-state index contributed by atoms with van der Waals surface area (Å²) in [5.74, 6) is -0.666. The molecule has 1 aromatic heterocycles. The molecule has 0 fully saturated rings. The molecular formula is C21H18N2O3. The van der Waals surface area contributed by atoms with Gasteiger partial charge in [-0.3, -0.25) is 9.78 Å². The molecule has 0 saturated carbocycles. The number of methoxy groups -OCH3 is 1. The van der Waals surface area contributed by atoms with Gasteiger partial charge in [0.25, 0.3) is 0 Å². The number of amides is 1. The molecule has 5 nitrogen and oxygen atoms in total. The third-order valence-corrected chi connectivity index (χ3v) is 3.98. The summed E-state index contributed by atoms with van der Waals surface area (Å²) in [7, 11) is 1.33. The molecule has 3 rings (SSSR count). The van der Waals surface area contributed by atoms with Crippen LogP contribution in [0, 0.1) is 6.92 Å². The van der Waals surface area contributed by atoms with E-state index >= 15 is 0 Å². The van der Waals surface area contributed by atoms with Gasteiger partial charge in [-0.25, -0.2) is 4.79 Å². The maximum Gasteiger partial charge on any atom is 0.337 e. The maximum atomic E-state index is 12.2. The average Bonchev–Trinajstić information content (AvgIpc) is 2.67. The van der Waals surface area contributed by atoms with Crippen LogP contribution in [0.25, 0.3) is 17.0 Å². The predicted molar refractivity (Wildman–Crippen MR) is 102 cm³/mol. The van der Waals surface area contributed by atoms with Crippen LogP contribution in [-0.4, -0.2) is 24.0 Å². The molecule has 5 heteroatoms. The first kappa shape index (κ1) is 17.4. The Morgan fingerprint density at radius 1 is 1.12 bits per heavy atom. The second kappa shape index (κ2) is 7.61. The first-order chi connectivity index (χ1) is 12.6. The maximum absolute atomic E-state index is 12.2. The van der Waals surface area contributed by atoms with E-state index in [-0.39, 0.29) is 5.91 Å². The zero-order valence-electron chi connectivity index (χ0n) is 14.5. The van der Waals surface area contributed by atoms with Gasteiger partial charge < -0.3 is 10.1 Å². The number of nitrogens with one attached hydrogen (secondary N) is 1. The summed E-state index contributed by atoms with van der Waals surface area (Å²) in [5, 5.41) is 3.83. The highest BCUT2D eigenvalue weighted by Crippen LogP contribution is 2.19. The Labute approximate surface area is 151 Å². The lowest BCUT2D eigenvalue weighted by molar-refractivity contribution is -0.111. The Hall–Kier alpha value is -3.47. The summed E-state index contributed by atoms with van der Waals surface area (Å²) in [6.45, 7) is 1.82. The second-order valence-corrected chi connectivity index (χ2v) is 5.77. The Morgan fingerprint density at radius 3 is 2.69 bits per heavy atom. The predicted octanol–water partition coefficient (Wildman–Crippen LogP) is 3.98. The Kier molecular flexibility index (Phi) is 5.08. The number of para-hydroxylation sites is 1. The van der Waals surface area contributed by atoms with Crippen molar-refractivity contribution < 1.29 is 14.3 Å². The molecule has 0 aliphatic rings. The first-order valence-electron chi connectivity index (χ1n) is 8.10. The number of esters is 1. The van der Waals surface area contributed by atoms with E-state index in [9.17, 15) is 9.59 Å². The average molecular weight is 346 g/mol. The molecular weight excluding hydrogens is 328 g/mol. The third kappa shape index (κ3) is 3.78. The summed E-state index contributed by atoms with van der Waals surface area (Å²) in [6.07, 6.45) is 4.94. The number of rotatable bonds is 4.